The molecule has 0 aliphatic heterocycles. The van der Waals surface area contributed by atoms with Gasteiger partial charge in [0.05, 0.1) is 16.3 Å². The van der Waals surface area contributed by atoms with E-state index in [9.17, 15) is 4.79 Å². The molecule has 2 fully saturated rings. The summed E-state index contributed by atoms with van der Waals surface area (Å²) in [5, 5.41) is 4.95. The summed E-state index contributed by atoms with van der Waals surface area (Å²) in [7, 11) is 0. The first-order chi connectivity index (χ1) is 10.3. The van der Waals surface area contributed by atoms with Crippen molar-refractivity contribution in [1.29, 1.82) is 0 Å². The number of halogens is 2. The van der Waals surface area contributed by atoms with Crippen LogP contribution in [0.1, 0.15) is 50.4 Å². The number of hydrogen-bond donors (Lipinski definition) is 0. The van der Waals surface area contributed by atoms with Gasteiger partial charge in [0.15, 0.2) is 0 Å². The molecule has 2 aliphatic rings. The zero-order valence-corrected chi connectivity index (χ0v) is 14.5. The molecule has 118 valence electrons. The largest absolute Gasteiger partial charge is 0.367 e. The van der Waals surface area contributed by atoms with Gasteiger partial charge in [-0.3, -0.25) is 0 Å². The quantitative estimate of drug-likeness (QED) is 0.537. The zero-order valence-electron chi connectivity index (χ0n) is 13.0. The number of nitrogens with zero attached hydrogens (tertiary/aromatic N) is 1. The zero-order chi connectivity index (χ0) is 16.1. The van der Waals surface area contributed by atoms with Crippen molar-refractivity contribution in [3.05, 3.63) is 33.8 Å². The second-order valence-electron chi connectivity index (χ2n) is 7.03. The Bertz CT molecular complexity index is 669. The van der Waals surface area contributed by atoms with Crippen LogP contribution in [0.3, 0.4) is 0 Å². The van der Waals surface area contributed by atoms with E-state index in [4.69, 9.17) is 28.0 Å². The Kier molecular flexibility index (Phi) is 3.77. The highest BCUT2D eigenvalue weighted by Crippen LogP contribution is 2.64. The fourth-order valence-electron chi connectivity index (χ4n) is 3.87. The van der Waals surface area contributed by atoms with Crippen LogP contribution >= 0.6 is 23.2 Å². The Balaban J connectivity index is 1.79. The summed E-state index contributed by atoms with van der Waals surface area (Å²) in [6, 6.07) is 4.69. The molecule has 0 aromatic heterocycles. The van der Waals surface area contributed by atoms with Crippen LogP contribution in [0.2, 0.25) is 10.0 Å². The van der Waals surface area contributed by atoms with Crippen LogP contribution < -0.4 is 0 Å². The average molecular weight is 340 g/mol. The summed E-state index contributed by atoms with van der Waals surface area (Å²) in [4.78, 5) is 17.3. The van der Waals surface area contributed by atoms with Crippen molar-refractivity contribution in [3.8, 4) is 0 Å². The van der Waals surface area contributed by atoms with Gasteiger partial charge in [-0.05, 0) is 48.8 Å². The SMILES string of the molecule is CC12CCC(CC1=NOC(=O)c1ccc(Cl)cc1Cl)C2(C)C. The first-order valence-corrected chi connectivity index (χ1v) is 8.25. The molecular formula is C17H19Cl2NO2. The van der Waals surface area contributed by atoms with Crippen LogP contribution in [0, 0.1) is 16.7 Å². The molecule has 0 heterocycles. The number of carbonyl (C=O) groups is 1. The number of oxime groups is 1. The molecule has 0 N–H and O–H groups in total. The third-order valence-corrected chi connectivity index (χ3v) is 6.45. The number of hydrogen-bond acceptors (Lipinski definition) is 3. The lowest BCUT2D eigenvalue weighted by Gasteiger charge is -2.34. The van der Waals surface area contributed by atoms with Crippen molar-refractivity contribution < 1.29 is 9.63 Å². The van der Waals surface area contributed by atoms with Crippen molar-refractivity contribution in [2.45, 2.75) is 40.0 Å². The van der Waals surface area contributed by atoms with E-state index in [1.807, 2.05) is 0 Å². The van der Waals surface area contributed by atoms with E-state index in [1.165, 1.54) is 12.5 Å². The van der Waals surface area contributed by atoms with E-state index < -0.39 is 5.97 Å². The standard InChI is InChI=1S/C17H19Cl2NO2/c1-16(2)10-6-7-17(16,3)14(8-10)20-22-15(21)12-5-4-11(18)9-13(12)19/h4-5,9-10H,6-8H2,1-3H3. The van der Waals surface area contributed by atoms with E-state index in [2.05, 4.69) is 25.9 Å². The van der Waals surface area contributed by atoms with Gasteiger partial charge in [0.1, 0.15) is 0 Å². The molecule has 1 aromatic carbocycles. The summed E-state index contributed by atoms with van der Waals surface area (Å²) < 4.78 is 0. The lowest BCUT2D eigenvalue weighted by Crippen LogP contribution is -2.32. The van der Waals surface area contributed by atoms with Crippen LogP contribution in [0.25, 0.3) is 0 Å². The molecule has 5 heteroatoms. The van der Waals surface area contributed by atoms with Crippen molar-refractivity contribution in [2.75, 3.05) is 0 Å². The third-order valence-electron chi connectivity index (χ3n) is 5.90. The highest BCUT2D eigenvalue weighted by Gasteiger charge is 2.60. The Labute approximate surface area is 140 Å². The lowest BCUT2D eigenvalue weighted by molar-refractivity contribution is 0.0508. The van der Waals surface area contributed by atoms with Crippen molar-refractivity contribution >= 4 is 34.9 Å². The summed E-state index contributed by atoms with van der Waals surface area (Å²) in [6.07, 6.45) is 3.23. The topological polar surface area (TPSA) is 38.7 Å². The predicted molar refractivity (Wildman–Crippen MR) is 88.5 cm³/mol. The fourth-order valence-corrected chi connectivity index (χ4v) is 4.35. The van der Waals surface area contributed by atoms with Gasteiger partial charge in [-0.15, -0.1) is 0 Å². The molecule has 2 atom stereocenters. The molecule has 3 rings (SSSR count). The first-order valence-electron chi connectivity index (χ1n) is 7.49. The number of fused-ring (bicyclic) bond motifs is 2. The minimum atomic E-state index is -0.543. The van der Waals surface area contributed by atoms with Gasteiger partial charge in [-0.1, -0.05) is 49.1 Å². The van der Waals surface area contributed by atoms with Gasteiger partial charge in [0.25, 0.3) is 0 Å². The van der Waals surface area contributed by atoms with Gasteiger partial charge in [-0.2, -0.15) is 0 Å². The van der Waals surface area contributed by atoms with Gasteiger partial charge in [-0.25, -0.2) is 4.79 Å². The maximum absolute atomic E-state index is 12.1. The number of carbonyl (C=O) groups excluding carboxylic acids is 1. The second kappa shape index (κ2) is 5.24. The van der Waals surface area contributed by atoms with E-state index in [1.54, 1.807) is 12.1 Å². The molecule has 0 amide bonds. The van der Waals surface area contributed by atoms with Gasteiger partial charge in [0.2, 0.25) is 0 Å². The number of benzene rings is 1. The minimum Gasteiger partial charge on any atom is -0.313 e. The summed E-state index contributed by atoms with van der Waals surface area (Å²) in [5.74, 6) is 0.0763. The molecule has 0 spiro atoms. The summed E-state index contributed by atoms with van der Waals surface area (Å²) >= 11 is 11.9. The molecule has 1 aromatic rings. The van der Waals surface area contributed by atoms with Gasteiger partial charge >= 0.3 is 5.97 Å². The first kappa shape index (κ1) is 15.8. The fraction of sp³-hybridized carbons (Fsp3) is 0.529. The third kappa shape index (κ3) is 2.26. The van der Waals surface area contributed by atoms with Crippen LogP contribution in [-0.4, -0.2) is 11.7 Å². The van der Waals surface area contributed by atoms with Crippen molar-refractivity contribution in [1.82, 2.24) is 0 Å². The minimum absolute atomic E-state index is 0.0156. The molecule has 0 saturated heterocycles. The molecule has 0 radical (unpaired) electrons. The highest BCUT2D eigenvalue weighted by atomic mass is 35.5. The lowest BCUT2D eigenvalue weighted by atomic mass is 9.70. The Morgan fingerprint density at radius 1 is 1.32 bits per heavy atom. The van der Waals surface area contributed by atoms with Crippen LogP contribution in [0.4, 0.5) is 0 Å². The monoisotopic (exact) mass is 339 g/mol. The Hall–Kier alpha value is -1.06. The Morgan fingerprint density at radius 2 is 2.05 bits per heavy atom. The number of rotatable bonds is 2. The van der Waals surface area contributed by atoms with Gasteiger partial charge in [0, 0.05) is 10.4 Å². The van der Waals surface area contributed by atoms with E-state index in [0.717, 1.165) is 18.6 Å². The molecule has 2 unspecified atom stereocenters. The normalized spacial score (nSPS) is 30.8. The molecule has 2 aliphatic carbocycles. The maximum Gasteiger partial charge on any atom is 0.367 e. The molecule has 2 bridgehead atoms. The maximum atomic E-state index is 12.1. The van der Waals surface area contributed by atoms with E-state index >= 15 is 0 Å². The van der Waals surface area contributed by atoms with E-state index in [0.29, 0.717) is 10.9 Å². The van der Waals surface area contributed by atoms with Gasteiger partial charge < -0.3 is 4.84 Å². The molecule has 3 nitrogen and oxygen atoms in total. The van der Waals surface area contributed by atoms with Crippen molar-refractivity contribution in [3.63, 3.8) is 0 Å². The smallest absolute Gasteiger partial charge is 0.313 e. The predicted octanol–water partition coefficient (Wildman–Crippen LogP) is 5.35. The van der Waals surface area contributed by atoms with Crippen LogP contribution in [0.5, 0.6) is 0 Å². The average Bonchev–Trinajstić information content (AvgIpc) is 2.77. The molecule has 22 heavy (non-hydrogen) atoms. The highest BCUT2D eigenvalue weighted by molar-refractivity contribution is 6.36. The molecule has 2 saturated carbocycles. The van der Waals surface area contributed by atoms with E-state index in [-0.39, 0.29) is 21.4 Å². The molecular weight excluding hydrogens is 321 g/mol. The van der Waals surface area contributed by atoms with Crippen molar-refractivity contribution in [2.24, 2.45) is 21.9 Å². The Morgan fingerprint density at radius 3 is 2.59 bits per heavy atom. The van der Waals surface area contributed by atoms with Crippen LogP contribution in [-0.2, 0) is 4.84 Å². The van der Waals surface area contributed by atoms with Crippen LogP contribution in [0.15, 0.2) is 23.4 Å². The summed E-state index contributed by atoms with van der Waals surface area (Å²) in [6.45, 7) is 6.79. The second-order valence-corrected chi connectivity index (χ2v) is 7.88. The summed E-state index contributed by atoms with van der Waals surface area (Å²) in [5.41, 5.74) is 1.49.